The topological polar surface area (TPSA) is 36.3 Å². The highest BCUT2D eigenvalue weighted by Crippen LogP contribution is 2.38. The minimum absolute atomic E-state index is 0.0766. The van der Waals surface area contributed by atoms with Crippen molar-refractivity contribution in [2.24, 2.45) is 0 Å². The molecule has 1 aromatic heterocycles. The lowest BCUT2D eigenvalue weighted by molar-refractivity contribution is -0.0962. The Morgan fingerprint density at radius 2 is 2.41 bits per heavy atom. The highest BCUT2D eigenvalue weighted by Gasteiger charge is 2.41. The first-order valence-electron chi connectivity index (χ1n) is 5.80. The van der Waals surface area contributed by atoms with Gasteiger partial charge >= 0.3 is 0 Å². The Bertz CT molecular complexity index is 398. The number of hydrogen-bond donors (Lipinski definition) is 0. The molecule has 2 fully saturated rings. The molecule has 0 aromatic carbocycles. The van der Waals surface area contributed by atoms with E-state index in [1.54, 1.807) is 0 Å². The van der Waals surface area contributed by atoms with Crippen molar-refractivity contribution in [3.8, 4) is 0 Å². The van der Waals surface area contributed by atoms with E-state index >= 15 is 0 Å². The van der Waals surface area contributed by atoms with Crippen LogP contribution in [0.1, 0.15) is 25.3 Å². The van der Waals surface area contributed by atoms with Crippen LogP contribution in [0.4, 0.5) is 0 Å². The van der Waals surface area contributed by atoms with E-state index in [9.17, 15) is 0 Å². The number of ether oxygens (including phenoxy) is 2. The smallest absolute Gasteiger partial charge is 0.141 e. The summed E-state index contributed by atoms with van der Waals surface area (Å²) < 4.78 is 14.2. The zero-order chi connectivity index (χ0) is 11.9. The van der Waals surface area contributed by atoms with Crippen LogP contribution in [0.3, 0.4) is 0 Å². The third kappa shape index (κ3) is 2.34. The lowest BCUT2D eigenvalue weighted by Gasteiger charge is -2.37. The molecule has 1 spiro atoms. The van der Waals surface area contributed by atoms with Crippen LogP contribution in [0.15, 0.2) is 6.20 Å². The molecule has 3 heterocycles. The van der Waals surface area contributed by atoms with Gasteiger partial charge < -0.3 is 9.47 Å². The fraction of sp³-hybridized carbons (Fsp3) is 0.727. The lowest BCUT2D eigenvalue weighted by Crippen LogP contribution is -2.41. The maximum absolute atomic E-state index is 6.05. The minimum atomic E-state index is -0.0766. The molecule has 3 rings (SSSR count). The van der Waals surface area contributed by atoms with Gasteiger partial charge in [0.2, 0.25) is 0 Å². The summed E-state index contributed by atoms with van der Waals surface area (Å²) in [5, 5.41) is 5.19. The zero-order valence-corrected chi connectivity index (χ0v) is 12.3. The van der Waals surface area contributed by atoms with Gasteiger partial charge in [-0.3, -0.25) is 4.68 Å². The Morgan fingerprint density at radius 3 is 3.06 bits per heavy atom. The highest BCUT2D eigenvalue weighted by atomic mass is 127. The van der Waals surface area contributed by atoms with Crippen molar-refractivity contribution in [1.82, 2.24) is 9.78 Å². The standard InChI is InChI=1S/C11H14ClIN2O2/c12-9-6-15(14-10(9)13)8-1-3-17-11(5-8)2-4-16-7-11/h6,8H,1-5,7H2. The molecule has 2 atom stereocenters. The maximum Gasteiger partial charge on any atom is 0.141 e. The van der Waals surface area contributed by atoms with Crippen LogP contribution in [-0.2, 0) is 9.47 Å². The molecule has 2 unspecified atom stereocenters. The summed E-state index contributed by atoms with van der Waals surface area (Å²) in [5.74, 6) is 0. The van der Waals surface area contributed by atoms with Gasteiger partial charge in [-0.25, -0.2) is 0 Å². The molecule has 94 valence electrons. The van der Waals surface area contributed by atoms with Crippen molar-refractivity contribution in [3.63, 3.8) is 0 Å². The third-order valence-electron chi connectivity index (χ3n) is 3.55. The molecule has 0 radical (unpaired) electrons. The second-order valence-electron chi connectivity index (χ2n) is 4.73. The first-order valence-corrected chi connectivity index (χ1v) is 7.26. The van der Waals surface area contributed by atoms with Crippen LogP contribution in [0.5, 0.6) is 0 Å². The van der Waals surface area contributed by atoms with E-state index in [2.05, 4.69) is 27.7 Å². The van der Waals surface area contributed by atoms with Crippen molar-refractivity contribution in [3.05, 3.63) is 14.9 Å². The van der Waals surface area contributed by atoms with Gasteiger partial charge in [-0.1, -0.05) is 11.6 Å². The summed E-state index contributed by atoms with van der Waals surface area (Å²) in [7, 11) is 0. The van der Waals surface area contributed by atoms with E-state index < -0.39 is 0 Å². The van der Waals surface area contributed by atoms with E-state index in [0.29, 0.717) is 6.04 Å². The van der Waals surface area contributed by atoms with Gasteiger partial charge in [0.15, 0.2) is 0 Å². The predicted molar refractivity (Wildman–Crippen MR) is 72.3 cm³/mol. The molecular formula is C11H14ClIN2O2. The van der Waals surface area contributed by atoms with E-state index in [-0.39, 0.29) is 5.60 Å². The first kappa shape index (κ1) is 12.2. The Hall–Kier alpha value is 0.150. The average molecular weight is 369 g/mol. The predicted octanol–water partition coefficient (Wildman–Crippen LogP) is 2.65. The summed E-state index contributed by atoms with van der Waals surface area (Å²) in [6, 6.07) is 0.381. The van der Waals surface area contributed by atoms with Crippen molar-refractivity contribution >= 4 is 34.2 Å². The largest absolute Gasteiger partial charge is 0.378 e. The minimum Gasteiger partial charge on any atom is -0.378 e. The molecule has 2 saturated heterocycles. The second kappa shape index (κ2) is 4.68. The van der Waals surface area contributed by atoms with Crippen LogP contribution in [0.2, 0.25) is 5.02 Å². The fourth-order valence-corrected chi connectivity index (χ4v) is 3.15. The van der Waals surface area contributed by atoms with Crippen LogP contribution >= 0.6 is 34.2 Å². The molecule has 17 heavy (non-hydrogen) atoms. The van der Waals surface area contributed by atoms with E-state index in [1.165, 1.54) is 0 Å². The Kier molecular flexibility index (Phi) is 3.36. The molecule has 6 heteroatoms. The molecular weight excluding hydrogens is 354 g/mol. The lowest BCUT2D eigenvalue weighted by atomic mass is 9.90. The number of aromatic nitrogens is 2. The van der Waals surface area contributed by atoms with Gasteiger partial charge in [0.25, 0.3) is 0 Å². The van der Waals surface area contributed by atoms with Gasteiger partial charge in [0.1, 0.15) is 3.70 Å². The molecule has 0 aliphatic carbocycles. The normalized spacial score (nSPS) is 33.4. The summed E-state index contributed by atoms with van der Waals surface area (Å²) >= 11 is 8.21. The van der Waals surface area contributed by atoms with E-state index in [0.717, 1.165) is 47.8 Å². The van der Waals surface area contributed by atoms with Crippen LogP contribution in [0, 0.1) is 3.70 Å². The molecule has 0 bridgehead atoms. The summed E-state index contributed by atoms with van der Waals surface area (Å²) in [5.41, 5.74) is -0.0766. The molecule has 0 N–H and O–H groups in total. The molecule has 0 amide bonds. The molecule has 2 aliphatic rings. The molecule has 1 aromatic rings. The summed E-state index contributed by atoms with van der Waals surface area (Å²) in [6.07, 6.45) is 4.88. The van der Waals surface area contributed by atoms with Crippen LogP contribution < -0.4 is 0 Å². The highest BCUT2D eigenvalue weighted by molar-refractivity contribution is 14.1. The molecule has 0 saturated carbocycles. The number of hydrogen-bond acceptors (Lipinski definition) is 3. The SMILES string of the molecule is Clc1cn(C2CCOC3(CCOC3)C2)nc1I. The Morgan fingerprint density at radius 1 is 1.53 bits per heavy atom. The van der Waals surface area contributed by atoms with E-state index in [1.807, 2.05) is 10.9 Å². The Balaban J connectivity index is 1.79. The number of halogens is 2. The average Bonchev–Trinajstić information content (AvgIpc) is 2.88. The zero-order valence-electron chi connectivity index (χ0n) is 9.36. The van der Waals surface area contributed by atoms with Crippen molar-refractivity contribution in [1.29, 1.82) is 0 Å². The van der Waals surface area contributed by atoms with Gasteiger partial charge in [-0.2, -0.15) is 5.10 Å². The molecule has 4 nitrogen and oxygen atoms in total. The van der Waals surface area contributed by atoms with Crippen molar-refractivity contribution < 1.29 is 9.47 Å². The van der Waals surface area contributed by atoms with Crippen molar-refractivity contribution in [2.45, 2.75) is 30.9 Å². The van der Waals surface area contributed by atoms with Gasteiger partial charge in [0, 0.05) is 32.3 Å². The second-order valence-corrected chi connectivity index (χ2v) is 6.16. The van der Waals surface area contributed by atoms with Gasteiger partial charge in [-0.15, -0.1) is 0 Å². The Labute approximate surface area is 119 Å². The number of nitrogens with zero attached hydrogens (tertiary/aromatic N) is 2. The maximum atomic E-state index is 6.05. The fourth-order valence-electron chi connectivity index (χ4n) is 2.63. The van der Waals surface area contributed by atoms with Gasteiger partial charge in [0.05, 0.1) is 23.3 Å². The van der Waals surface area contributed by atoms with Crippen molar-refractivity contribution in [2.75, 3.05) is 19.8 Å². The van der Waals surface area contributed by atoms with E-state index in [4.69, 9.17) is 21.1 Å². The number of rotatable bonds is 1. The van der Waals surface area contributed by atoms with Crippen LogP contribution in [-0.4, -0.2) is 35.2 Å². The quantitative estimate of drug-likeness (QED) is 0.715. The van der Waals surface area contributed by atoms with Gasteiger partial charge in [-0.05, 0) is 29.0 Å². The monoisotopic (exact) mass is 368 g/mol. The summed E-state index contributed by atoms with van der Waals surface area (Å²) in [6.45, 7) is 2.31. The summed E-state index contributed by atoms with van der Waals surface area (Å²) in [4.78, 5) is 0. The third-order valence-corrected chi connectivity index (χ3v) is 4.95. The van der Waals surface area contributed by atoms with Crippen LogP contribution in [0.25, 0.3) is 0 Å². The first-order chi connectivity index (χ1) is 8.19. The molecule has 2 aliphatic heterocycles.